The summed E-state index contributed by atoms with van der Waals surface area (Å²) in [4.78, 5) is 35.4. The SMILES string of the molecule is O=C(Cn1cnc(-c2cccs2)cc1=O)Nc1ccc(-c2cn3ccsc3n2)cc1. The van der Waals surface area contributed by atoms with E-state index in [-0.39, 0.29) is 18.0 Å². The van der Waals surface area contributed by atoms with E-state index in [1.807, 2.05) is 64.0 Å². The van der Waals surface area contributed by atoms with E-state index >= 15 is 0 Å². The molecule has 0 radical (unpaired) electrons. The van der Waals surface area contributed by atoms with Crippen LogP contribution in [0.15, 0.2) is 76.7 Å². The quantitative estimate of drug-likeness (QED) is 0.454. The van der Waals surface area contributed by atoms with Gasteiger partial charge in [0.05, 0.1) is 22.6 Å². The number of benzene rings is 1. The molecule has 30 heavy (non-hydrogen) atoms. The predicted octanol–water partition coefficient (Wildman–Crippen LogP) is 3.99. The second-order valence-electron chi connectivity index (χ2n) is 6.56. The minimum absolute atomic E-state index is 0.102. The first-order valence-corrected chi connectivity index (χ1v) is 10.8. The molecule has 0 fully saturated rings. The van der Waals surface area contributed by atoms with Crippen LogP contribution in [0.3, 0.4) is 0 Å². The Bertz CT molecular complexity index is 1350. The lowest BCUT2D eigenvalue weighted by molar-refractivity contribution is -0.116. The molecule has 4 heterocycles. The van der Waals surface area contributed by atoms with Crippen molar-refractivity contribution in [1.82, 2.24) is 18.9 Å². The molecule has 0 saturated heterocycles. The number of carbonyl (C=O) groups is 1. The minimum atomic E-state index is -0.293. The highest BCUT2D eigenvalue weighted by Gasteiger charge is 2.09. The van der Waals surface area contributed by atoms with E-state index in [0.717, 1.165) is 21.1 Å². The second kappa shape index (κ2) is 7.69. The third kappa shape index (κ3) is 3.68. The molecule has 0 aliphatic heterocycles. The third-order valence-electron chi connectivity index (χ3n) is 4.52. The fourth-order valence-corrected chi connectivity index (χ4v) is 4.44. The van der Waals surface area contributed by atoms with E-state index in [2.05, 4.69) is 15.3 Å². The molecule has 1 aromatic carbocycles. The number of nitrogens with zero attached hydrogens (tertiary/aromatic N) is 4. The number of thiazole rings is 1. The van der Waals surface area contributed by atoms with Gasteiger partial charge in [-0.2, -0.15) is 0 Å². The van der Waals surface area contributed by atoms with Crippen LogP contribution in [-0.2, 0) is 11.3 Å². The summed E-state index contributed by atoms with van der Waals surface area (Å²) in [5.41, 5.74) is 2.85. The molecule has 5 rings (SSSR count). The van der Waals surface area contributed by atoms with Crippen molar-refractivity contribution >= 4 is 39.2 Å². The van der Waals surface area contributed by atoms with Crippen molar-refractivity contribution in [3.63, 3.8) is 0 Å². The van der Waals surface area contributed by atoms with Crippen molar-refractivity contribution in [3.05, 3.63) is 82.3 Å². The molecule has 1 amide bonds. The van der Waals surface area contributed by atoms with Gasteiger partial charge < -0.3 is 5.32 Å². The average molecular weight is 434 g/mol. The summed E-state index contributed by atoms with van der Waals surface area (Å²) in [5.74, 6) is -0.293. The van der Waals surface area contributed by atoms with E-state index in [0.29, 0.717) is 11.4 Å². The van der Waals surface area contributed by atoms with Gasteiger partial charge in [0.2, 0.25) is 5.91 Å². The van der Waals surface area contributed by atoms with Crippen LogP contribution in [0.5, 0.6) is 0 Å². The van der Waals surface area contributed by atoms with Gasteiger partial charge in [0.15, 0.2) is 4.96 Å². The average Bonchev–Trinajstić information content (AvgIpc) is 3.48. The molecule has 0 atom stereocenters. The maximum atomic E-state index is 12.4. The summed E-state index contributed by atoms with van der Waals surface area (Å²) < 4.78 is 3.27. The molecule has 148 valence electrons. The first-order valence-electron chi connectivity index (χ1n) is 9.08. The van der Waals surface area contributed by atoms with Crippen molar-refractivity contribution in [1.29, 1.82) is 0 Å². The molecule has 0 spiro atoms. The Kier molecular flexibility index (Phi) is 4.74. The van der Waals surface area contributed by atoms with Gasteiger partial charge in [-0.25, -0.2) is 9.97 Å². The molecule has 7 nitrogen and oxygen atoms in total. The van der Waals surface area contributed by atoms with Gasteiger partial charge >= 0.3 is 0 Å². The lowest BCUT2D eigenvalue weighted by Gasteiger charge is -2.08. The third-order valence-corrected chi connectivity index (χ3v) is 6.19. The fourth-order valence-electron chi connectivity index (χ4n) is 3.05. The van der Waals surface area contributed by atoms with Crippen LogP contribution >= 0.6 is 22.7 Å². The number of rotatable bonds is 5. The Morgan fingerprint density at radius 1 is 1.07 bits per heavy atom. The van der Waals surface area contributed by atoms with Gasteiger partial charge in [0.25, 0.3) is 5.56 Å². The number of anilines is 1. The summed E-state index contributed by atoms with van der Waals surface area (Å²) >= 11 is 3.09. The maximum Gasteiger partial charge on any atom is 0.254 e. The zero-order valence-corrected chi connectivity index (χ0v) is 17.2. The van der Waals surface area contributed by atoms with Crippen LogP contribution in [0.2, 0.25) is 0 Å². The summed E-state index contributed by atoms with van der Waals surface area (Å²) in [6.45, 7) is -0.102. The predicted molar refractivity (Wildman–Crippen MR) is 119 cm³/mol. The monoisotopic (exact) mass is 433 g/mol. The number of amides is 1. The second-order valence-corrected chi connectivity index (χ2v) is 8.38. The molecule has 0 bridgehead atoms. The minimum Gasteiger partial charge on any atom is -0.325 e. The van der Waals surface area contributed by atoms with E-state index in [1.165, 1.54) is 28.3 Å². The molecule has 0 saturated carbocycles. The first kappa shape index (κ1) is 18.5. The smallest absolute Gasteiger partial charge is 0.254 e. The zero-order valence-electron chi connectivity index (χ0n) is 15.6. The number of imidazole rings is 1. The fraction of sp³-hybridized carbons (Fsp3) is 0.0476. The molecular weight excluding hydrogens is 418 g/mol. The van der Waals surface area contributed by atoms with Crippen LogP contribution in [0.25, 0.3) is 26.8 Å². The molecule has 9 heteroatoms. The summed E-state index contributed by atoms with van der Waals surface area (Å²) in [5, 5.41) is 6.73. The number of fused-ring (bicyclic) bond motifs is 1. The van der Waals surface area contributed by atoms with E-state index in [1.54, 1.807) is 11.3 Å². The number of aromatic nitrogens is 4. The summed E-state index contributed by atoms with van der Waals surface area (Å²) in [6.07, 6.45) is 5.35. The number of nitrogens with one attached hydrogen (secondary N) is 1. The Hall–Kier alpha value is -3.56. The first-order chi connectivity index (χ1) is 14.7. The van der Waals surface area contributed by atoms with Gasteiger partial charge in [-0.15, -0.1) is 22.7 Å². The molecular formula is C21H15N5O2S2. The van der Waals surface area contributed by atoms with Crippen LogP contribution in [0, 0.1) is 0 Å². The zero-order chi connectivity index (χ0) is 20.5. The highest BCUT2D eigenvalue weighted by atomic mass is 32.1. The molecule has 5 aromatic rings. The maximum absolute atomic E-state index is 12.4. The lowest BCUT2D eigenvalue weighted by Crippen LogP contribution is -2.27. The van der Waals surface area contributed by atoms with Crippen molar-refractivity contribution in [3.8, 4) is 21.8 Å². The highest BCUT2D eigenvalue weighted by molar-refractivity contribution is 7.15. The van der Waals surface area contributed by atoms with Crippen molar-refractivity contribution in [2.75, 3.05) is 5.32 Å². The highest BCUT2D eigenvalue weighted by Crippen LogP contribution is 2.23. The molecule has 0 aliphatic carbocycles. The van der Waals surface area contributed by atoms with Crippen LogP contribution in [-0.4, -0.2) is 24.8 Å². The Balaban J connectivity index is 1.26. The number of carbonyl (C=O) groups excluding carboxylic acids is 1. The van der Waals surface area contributed by atoms with E-state index < -0.39 is 0 Å². The van der Waals surface area contributed by atoms with Crippen molar-refractivity contribution in [2.45, 2.75) is 6.54 Å². The normalized spacial score (nSPS) is 11.1. The van der Waals surface area contributed by atoms with Gasteiger partial charge in [-0.1, -0.05) is 18.2 Å². The molecule has 1 N–H and O–H groups in total. The van der Waals surface area contributed by atoms with Gasteiger partial charge in [-0.3, -0.25) is 18.6 Å². The van der Waals surface area contributed by atoms with E-state index in [4.69, 9.17) is 0 Å². The number of hydrogen-bond donors (Lipinski definition) is 1. The van der Waals surface area contributed by atoms with Crippen LogP contribution in [0.4, 0.5) is 5.69 Å². The largest absolute Gasteiger partial charge is 0.325 e. The van der Waals surface area contributed by atoms with Gasteiger partial charge in [-0.05, 0) is 23.6 Å². The summed E-state index contributed by atoms with van der Waals surface area (Å²) in [6, 6.07) is 12.7. The van der Waals surface area contributed by atoms with Crippen molar-refractivity contribution < 1.29 is 4.79 Å². The Morgan fingerprint density at radius 3 is 2.67 bits per heavy atom. The Morgan fingerprint density at radius 2 is 1.93 bits per heavy atom. The standard InChI is InChI=1S/C21H15N5O2S2/c27-19(12-26-13-22-16(10-20(26)28)18-2-1-8-29-18)23-15-5-3-14(4-6-15)17-11-25-7-9-30-21(25)24-17/h1-11,13H,12H2,(H,23,27). The van der Waals surface area contributed by atoms with E-state index in [9.17, 15) is 9.59 Å². The number of hydrogen-bond acceptors (Lipinski definition) is 6. The van der Waals surface area contributed by atoms with Gasteiger partial charge in [0.1, 0.15) is 6.54 Å². The lowest BCUT2D eigenvalue weighted by atomic mass is 10.1. The summed E-state index contributed by atoms with van der Waals surface area (Å²) in [7, 11) is 0. The van der Waals surface area contributed by atoms with Crippen LogP contribution in [0.1, 0.15) is 0 Å². The number of thiophene rings is 1. The molecule has 0 unspecified atom stereocenters. The van der Waals surface area contributed by atoms with Gasteiger partial charge in [0, 0.05) is 35.1 Å². The molecule has 0 aliphatic rings. The van der Waals surface area contributed by atoms with Crippen molar-refractivity contribution in [2.24, 2.45) is 0 Å². The van der Waals surface area contributed by atoms with Crippen LogP contribution < -0.4 is 10.9 Å². The molecule has 4 aromatic heterocycles. The topological polar surface area (TPSA) is 81.3 Å². The Labute approximate surface area is 178 Å².